The van der Waals surface area contributed by atoms with E-state index in [1.54, 1.807) is 5.41 Å². The van der Waals surface area contributed by atoms with E-state index in [0.717, 1.165) is 17.7 Å². The molecule has 4 rings (SSSR count). The van der Waals surface area contributed by atoms with Gasteiger partial charge in [-0.2, -0.15) is 0 Å². The lowest BCUT2D eigenvalue weighted by molar-refractivity contribution is -0.274. The molecular formula is C27H26F3N5O6S. The predicted octanol–water partition coefficient (Wildman–Crippen LogP) is 3.64. The molecule has 1 aliphatic heterocycles. The molecule has 2 aromatic carbocycles. The van der Waals surface area contributed by atoms with E-state index in [1.165, 1.54) is 28.8 Å². The monoisotopic (exact) mass is 605 g/mol. The van der Waals surface area contributed by atoms with Crippen molar-refractivity contribution in [2.24, 2.45) is 5.73 Å². The van der Waals surface area contributed by atoms with Crippen LogP contribution in [-0.4, -0.2) is 48.1 Å². The summed E-state index contributed by atoms with van der Waals surface area (Å²) in [6.45, 7) is 1.57. The average molecular weight is 606 g/mol. The lowest BCUT2D eigenvalue weighted by Gasteiger charge is -2.17. The summed E-state index contributed by atoms with van der Waals surface area (Å²) in [5.41, 5.74) is 6.55. The SMILES string of the molecule is C[C@@H](CNC(=O)c1nc(CNC(=O)COc2ccc(OC(F)(F)F)cc2)oc1N1CSC=C1C(N)=O)c1ccccc1. The summed E-state index contributed by atoms with van der Waals surface area (Å²) in [6, 6.07) is 14.1. The van der Waals surface area contributed by atoms with Gasteiger partial charge in [-0.3, -0.25) is 19.3 Å². The first-order valence-corrected chi connectivity index (χ1v) is 13.5. The third-order valence-electron chi connectivity index (χ3n) is 5.86. The third-order valence-corrected chi connectivity index (χ3v) is 6.65. The van der Waals surface area contributed by atoms with E-state index in [9.17, 15) is 27.6 Å². The smallest absolute Gasteiger partial charge is 0.484 e. The average Bonchev–Trinajstić information content (AvgIpc) is 3.61. The molecule has 42 heavy (non-hydrogen) atoms. The van der Waals surface area contributed by atoms with Gasteiger partial charge in [0.15, 0.2) is 12.3 Å². The number of nitrogens with two attached hydrogens (primary N) is 1. The zero-order valence-corrected chi connectivity index (χ0v) is 23.0. The van der Waals surface area contributed by atoms with Crippen molar-refractivity contribution >= 4 is 35.4 Å². The second-order valence-electron chi connectivity index (χ2n) is 8.96. The number of hydrogen-bond donors (Lipinski definition) is 3. The Bertz CT molecular complexity index is 1450. The zero-order valence-electron chi connectivity index (χ0n) is 22.1. The lowest BCUT2D eigenvalue weighted by Crippen LogP contribution is -2.32. The Balaban J connectivity index is 1.39. The summed E-state index contributed by atoms with van der Waals surface area (Å²) in [5.74, 6) is -1.92. The van der Waals surface area contributed by atoms with E-state index >= 15 is 0 Å². The second kappa shape index (κ2) is 13.3. The van der Waals surface area contributed by atoms with Crippen molar-refractivity contribution in [1.29, 1.82) is 0 Å². The number of primary amides is 1. The number of aromatic nitrogens is 1. The minimum Gasteiger partial charge on any atom is -0.484 e. The summed E-state index contributed by atoms with van der Waals surface area (Å²) >= 11 is 1.28. The van der Waals surface area contributed by atoms with Crippen LogP contribution < -0.4 is 30.7 Å². The molecule has 3 aromatic rings. The Morgan fingerprint density at radius 2 is 1.79 bits per heavy atom. The van der Waals surface area contributed by atoms with Crippen LogP contribution in [-0.2, 0) is 16.1 Å². The van der Waals surface area contributed by atoms with Crippen molar-refractivity contribution in [2.45, 2.75) is 25.7 Å². The Morgan fingerprint density at radius 1 is 1.10 bits per heavy atom. The minimum absolute atomic E-state index is 0.000969. The minimum atomic E-state index is -4.82. The van der Waals surface area contributed by atoms with Crippen LogP contribution in [0.15, 0.2) is 70.1 Å². The summed E-state index contributed by atoms with van der Waals surface area (Å²) in [7, 11) is 0. The molecule has 1 aromatic heterocycles. The first kappa shape index (κ1) is 30.3. The highest BCUT2D eigenvalue weighted by atomic mass is 32.2. The van der Waals surface area contributed by atoms with E-state index in [-0.39, 0.29) is 47.3 Å². The van der Waals surface area contributed by atoms with E-state index in [4.69, 9.17) is 14.9 Å². The molecule has 222 valence electrons. The number of carbonyl (C=O) groups excluding carboxylic acids is 3. The van der Waals surface area contributed by atoms with Gasteiger partial charge in [-0.25, -0.2) is 4.98 Å². The van der Waals surface area contributed by atoms with Gasteiger partial charge in [0.05, 0.1) is 12.4 Å². The molecule has 0 saturated carbocycles. The van der Waals surface area contributed by atoms with Gasteiger partial charge in [0.25, 0.3) is 17.7 Å². The molecular weight excluding hydrogens is 579 g/mol. The lowest BCUT2D eigenvalue weighted by atomic mass is 10.0. The number of benzene rings is 2. The van der Waals surface area contributed by atoms with Gasteiger partial charge in [-0.1, -0.05) is 37.3 Å². The number of carbonyl (C=O) groups is 3. The molecule has 15 heteroatoms. The Morgan fingerprint density at radius 3 is 2.45 bits per heavy atom. The van der Waals surface area contributed by atoms with Gasteiger partial charge >= 0.3 is 6.36 Å². The highest BCUT2D eigenvalue weighted by Gasteiger charge is 2.32. The van der Waals surface area contributed by atoms with Crippen molar-refractivity contribution < 1.29 is 41.4 Å². The number of rotatable bonds is 12. The fourth-order valence-corrected chi connectivity index (χ4v) is 4.67. The number of ether oxygens (including phenoxy) is 2. The number of nitrogens with one attached hydrogen (secondary N) is 2. The third kappa shape index (κ3) is 8.19. The molecule has 2 heterocycles. The molecule has 0 bridgehead atoms. The van der Waals surface area contributed by atoms with Gasteiger partial charge < -0.3 is 30.3 Å². The highest BCUT2D eigenvalue weighted by Crippen LogP contribution is 2.33. The number of anilines is 1. The number of amides is 3. The maximum absolute atomic E-state index is 13.2. The van der Waals surface area contributed by atoms with Crippen LogP contribution in [0.25, 0.3) is 0 Å². The summed E-state index contributed by atoms with van der Waals surface area (Å²) < 4.78 is 51.8. The Labute approximate surface area is 242 Å². The van der Waals surface area contributed by atoms with E-state index < -0.39 is 36.4 Å². The molecule has 0 fully saturated rings. The molecule has 0 spiro atoms. The van der Waals surface area contributed by atoms with Gasteiger partial charge in [0.1, 0.15) is 17.2 Å². The fraction of sp³-hybridized carbons (Fsp3) is 0.259. The van der Waals surface area contributed by atoms with Crippen LogP contribution in [0, 0.1) is 0 Å². The summed E-state index contributed by atoms with van der Waals surface area (Å²) in [4.78, 5) is 43.1. The molecule has 0 unspecified atom stereocenters. The van der Waals surface area contributed by atoms with Crippen LogP contribution in [0.5, 0.6) is 11.5 Å². The Hall–Kier alpha value is -4.66. The molecule has 0 radical (unpaired) electrons. The number of hydrogen-bond acceptors (Lipinski definition) is 9. The normalized spacial score (nSPS) is 13.7. The molecule has 3 amide bonds. The summed E-state index contributed by atoms with van der Waals surface area (Å²) in [6.07, 6.45) is -4.82. The number of nitrogens with zero attached hydrogens (tertiary/aromatic N) is 2. The van der Waals surface area contributed by atoms with Crippen molar-refractivity contribution in [3.05, 3.63) is 82.9 Å². The first-order chi connectivity index (χ1) is 20.0. The van der Waals surface area contributed by atoms with Crippen LogP contribution >= 0.6 is 11.8 Å². The van der Waals surface area contributed by atoms with Crippen molar-refractivity contribution in [2.75, 3.05) is 23.9 Å². The molecule has 0 saturated heterocycles. The quantitative estimate of drug-likeness (QED) is 0.281. The van der Waals surface area contributed by atoms with Crippen molar-refractivity contribution in [1.82, 2.24) is 15.6 Å². The van der Waals surface area contributed by atoms with E-state index in [1.807, 2.05) is 37.3 Å². The van der Waals surface area contributed by atoms with Gasteiger partial charge in [-0.05, 0) is 35.7 Å². The fourth-order valence-electron chi connectivity index (χ4n) is 3.79. The van der Waals surface area contributed by atoms with Gasteiger partial charge in [0, 0.05) is 12.0 Å². The number of thioether (sulfide) groups is 1. The Kier molecular flexibility index (Phi) is 9.62. The molecule has 4 N–H and O–H groups in total. The summed E-state index contributed by atoms with van der Waals surface area (Å²) in [5, 5.41) is 6.91. The van der Waals surface area contributed by atoms with Crippen LogP contribution in [0.4, 0.5) is 19.1 Å². The number of oxazole rings is 1. The highest BCUT2D eigenvalue weighted by molar-refractivity contribution is 8.02. The molecule has 1 aliphatic rings. The van der Waals surface area contributed by atoms with E-state index in [2.05, 4.69) is 20.4 Å². The first-order valence-electron chi connectivity index (χ1n) is 12.5. The van der Waals surface area contributed by atoms with Crippen LogP contribution in [0.3, 0.4) is 0 Å². The van der Waals surface area contributed by atoms with Crippen LogP contribution in [0.1, 0.15) is 34.8 Å². The number of alkyl halides is 3. The molecule has 11 nitrogen and oxygen atoms in total. The van der Waals surface area contributed by atoms with Gasteiger partial charge in [-0.15, -0.1) is 24.9 Å². The zero-order chi connectivity index (χ0) is 30.3. The molecule has 1 atom stereocenters. The standard InChI is InChI=1S/C27H26F3N5O6S/c1-16(17-5-3-2-4-6-17)11-33-25(38)23-26(35-15-42-14-20(35)24(31)37)40-22(34-23)12-32-21(36)13-39-18-7-9-19(10-8-18)41-27(28,29)30/h2-10,14,16H,11-13,15H2,1H3,(H2,31,37)(H,32,36)(H,33,38)/t16-/m0/s1. The van der Waals surface area contributed by atoms with Crippen molar-refractivity contribution in [3.8, 4) is 11.5 Å². The predicted molar refractivity (Wildman–Crippen MR) is 146 cm³/mol. The number of halogens is 3. The van der Waals surface area contributed by atoms with Gasteiger partial charge in [0.2, 0.25) is 11.8 Å². The van der Waals surface area contributed by atoms with Crippen LogP contribution in [0.2, 0.25) is 0 Å². The second-order valence-corrected chi connectivity index (χ2v) is 9.79. The largest absolute Gasteiger partial charge is 0.573 e. The van der Waals surface area contributed by atoms with E-state index in [0.29, 0.717) is 6.54 Å². The maximum Gasteiger partial charge on any atom is 0.573 e. The molecule has 0 aliphatic carbocycles. The maximum atomic E-state index is 13.2. The van der Waals surface area contributed by atoms with Crippen molar-refractivity contribution in [3.63, 3.8) is 0 Å². The topological polar surface area (TPSA) is 149 Å².